The van der Waals surface area contributed by atoms with Crippen LogP contribution in [0.25, 0.3) is 0 Å². The number of hydrogen-bond acceptors (Lipinski definition) is 8. The van der Waals surface area contributed by atoms with Gasteiger partial charge in [-0.05, 0) is 31.3 Å². The molecule has 0 bridgehead atoms. The van der Waals surface area contributed by atoms with Crippen LogP contribution in [-0.4, -0.2) is 74.9 Å². The number of carbonyl (C=O) groups is 3. The maximum Gasteiger partial charge on any atom is 0.308 e. The third-order valence-corrected chi connectivity index (χ3v) is 4.74. The molecule has 11 heteroatoms. The van der Waals surface area contributed by atoms with E-state index in [4.69, 9.17) is 31.2 Å². The van der Waals surface area contributed by atoms with Crippen molar-refractivity contribution in [3.05, 3.63) is 17.7 Å². The molecule has 30 heavy (non-hydrogen) atoms. The Bertz CT molecular complexity index is 805. The molecule has 0 aromatic heterocycles. The van der Waals surface area contributed by atoms with Gasteiger partial charge >= 0.3 is 5.97 Å². The standard InChI is InChI=1S/C19H25N3O7S/c1-5-29-15(23)10-12-18(25)20-6-7-22(12)19(30)21-17(24)11-8-13(26-2)16(28-4)14(9-11)27-3/h8-9,12H,5-7,10H2,1-4H3,(H,20,25)(H,21,24,30). The number of esters is 1. The van der Waals surface area contributed by atoms with Crippen molar-refractivity contribution < 1.29 is 33.3 Å². The van der Waals surface area contributed by atoms with Crippen molar-refractivity contribution in [3.8, 4) is 17.2 Å². The van der Waals surface area contributed by atoms with Crippen LogP contribution in [0.3, 0.4) is 0 Å². The molecule has 1 aromatic carbocycles. The Morgan fingerprint density at radius 3 is 2.37 bits per heavy atom. The van der Waals surface area contributed by atoms with E-state index in [2.05, 4.69) is 10.6 Å². The second-order valence-electron chi connectivity index (χ2n) is 6.18. The summed E-state index contributed by atoms with van der Waals surface area (Å²) in [5.74, 6) is -0.445. The lowest BCUT2D eigenvalue weighted by atomic mass is 10.1. The van der Waals surface area contributed by atoms with E-state index in [0.717, 1.165) is 0 Å². The minimum atomic E-state index is -0.870. The first-order valence-electron chi connectivity index (χ1n) is 9.21. The summed E-state index contributed by atoms with van der Waals surface area (Å²) in [5.41, 5.74) is 0.218. The van der Waals surface area contributed by atoms with Crippen LogP contribution in [0.15, 0.2) is 12.1 Å². The zero-order valence-corrected chi connectivity index (χ0v) is 18.1. The number of hydrogen-bond donors (Lipinski definition) is 2. The number of methoxy groups -OCH3 is 3. The number of benzene rings is 1. The van der Waals surface area contributed by atoms with E-state index in [1.165, 1.54) is 38.4 Å². The molecular formula is C19H25N3O7S. The minimum Gasteiger partial charge on any atom is -0.493 e. The number of rotatable bonds is 7. The van der Waals surface area contributed by atoms with Gasteiger partial charge in [0.15, 0.2) is 16.6 Å². The number of thiocarbonyl (C=S) groups is 1. The van der Waals surface area contributed by atoms with Crippen LogP contribution in [0.1, 0.15) is 23.7 Å². The molecule has 1 heterocycles. The molecule has 1 saturated heterocycles. The van der Waals surface area contributed by atoms with Crippen LogP contribution in [0.2, 0.25) is 0 Å². The van der Waals surface area contributed by atoms with E-state index in [-0.39, 0.29) is 29.6 Å². The number of piperazine rings is 1. The summed E-state index contributed by atoms with van der Waals surface area (Å²) >= 11 is 5.34. The van der Waals surface area contributed by atoms with Gasteiger partial charge < -0.3 is 29.2 Å². The van der Waals surface area contributed by atoms with Crippen molar-refractivity contribution in [2.45, 2.75) is 19.4 Å². The molecule has 1 fully saturated rings. The third kappa shape index (κ3) is 5.29. The van der Waals surface area contributed by atoms with Crippen LogP contribution >= 0.6 is 12.2 Å². The van der Waals surface area contributed by atoms with Crippen molar-refractivity contribution >= 4 is 35.1 Å². The Morgan fingerprint density at radius 2 is 1.83 bits per heavy atom. The van der Waals surface area contributed by atoms with Crippen LogP contribution in [0, 0.1) is 0 Å². The molecule has 1 atom stereocenters. The first kappa shape index (κ1) is 23.2. The summed E-state index contributed by atoms with van der Waals surface area (Å²) in [6.45, 7) is 2.55. The second-order valence-corrected chi connectivity index (χ2v) is 6.57. The van der Waals surface area contributed by atoms with Crippen LogP contribution in [0.5, 0.6) is 17.2 Å². The lowest BCUT2D eigenvalue weighted by Gasteiger charge is -2.36. The van der Waals surface area contributed by atoms with E-state index in [9.17, 15) is 14.4 Å². The third-order valence-electron chi connectivity index (χ3n) is 4.40. The summed E-state index contributed by atoms with van der Waals surface area (Å²) in [6.07, 6.45) is -0.181. The van der Waals surface area contributed by atoms with Gasteiger partial charge in [0.25, 0.3) is 5.91 Å². The van der Waals surface area contributed by atoms with Crippen LogP contribution in [0.4, 0.5) is 0 Å². The summed E-state index contributed by atoms with van der Waals surface area (Å²) in [6, 6.07) is 2.10. The van der Waals surface area contributed by atoms with Gasteiger partial charge in [-0.2, -0.15) is 0 Å². The fourth-order valence-electron chi connectivity index (χ4n) is 2.99. The Labute approximate surface area is 179 Å². The molecule has 1 aromatic rings. The highest BCUT2D eigenvalue weighted by Gasteiger charge is 2.34. The van der Waals surface area contributed by atoms with Crippen molar-refractivity contribution in [2.24, 2.45) is 0 Å². The molecule has 2 rings (SSSR count). The number of nitrogens with zero attached hydrogens (tertiary/aromatic N) is 1. The molecule has 0 aliphatic carbocycles. The van der Waals surface area contributed by atoms with Gasteiger partial charge in [0.05, 0.1) is 34.4 Å². The molecule has 2 N–H and O–H groups in total. The summed E-state index contributed by atoms with van der Waals surface area (Å²) in [5, 5.41) is 5.31. The van der Waals surface area contributed by atoms with Gasteiger partial charge in [-0.25, -0.2) is 0 Å². The predicted octanol–water partition coefficient (Wildman–Crippen LogP) is 0.481. The normalized spacial score (nSPS) is 15.7. The zero-order chi connectivity index (χ0) is 22.3. The average molecular weight is 439 g/mol. The molecule has 10 nitrogen and oxygen atoms in total. The fraction of sp³-hybridized carbons (Fsp3) is 0.474. The molecule has 0 radical (unpaired) electrons. The van der Waals surface area contributed by atoms with E-state index >= 15 is 0 Å². The fourth-order valence-corrected chi connectivity index (χ4v) is 3.30. The molecule has 2 amide bonds. The number of ether oxygens (including phenoxy) is 4. The van der Waals surface area contributed by atoms with Crippen molar-refractivity contribution in [2.75, 3.05) is 41.0 Å². The number of nitrogens with one attached hydrogen (secondary N) is 2. The van der Waals surface area contributed by atoms with Gasteiger partial charge in [-0.3, -0.25) is 19.7 Å². The highest BCUT2D eigenvalue weighted by molar-refractivity contribution is 7.80. The zero-order valence-electron chi connectivity index (χ0n) is 17.3. The highest BCUT2D eigenvalue weighted by Crippen LogP contribution is 2.38. The molecule has 1 aliphatic heterocycles. The first-order chi connectivity index (χ1) is 14.4. The molecule has 1 aliphatic rings. The Kier molecular flexibility index (Phi) is 8.22. The first-order valence-corrected chi connectivity index (χ1v) is 9.62. The van der Waals surface area contributed by atoms with Crippen LogP contribution < -0.4 is 24.8 Å². The Balaban J connectivity index is 2.20. The van der Waals surface area contributed by atoms with Gasteiger partial charge in [-0.15, -0.1) is 0 Å². The van der Waals surface area contributed by atoms with E-state index in [1.54, 1.807) is 6.92 Å². The molecule has 164 valence electrons. The van der Waals surface area contributed by atoms with Gasteiger partial charge in [0.2, 0.25) is 11.7 Å². The molecule has 1 unspecified atom stereocenters. The maximum atomic E-state index is 12.8. The van der Waals surface area contributed by atoms with Crippen molar-refractivity contribution in [3.63, 3.8) is 0 Å². The van der Waals surface area contributed by atoms with Gasteiger partial charge in [0, 0.05) is 18.7 Å². The quantitative estimate of drug-likeness (QED) is 0.462. The monoisotopic (exact) mass is 439 g/mol. The maximum absolute atomic E-state index is 12.8. The smallest absolute Gasteiger partial charge is 0.308 e. The van der Waals surface area contributed by atoms with Crippen molar-refractivity contribution in [1.29, 1.82) is 0 Å². The van der Waals surface area contributed by atoms with Gasteiger partial charge in [0.1, 0.15) is 6.04 Å². The topological polar surface area (TPSA) is 115 Å². The summed E-state index contributed by atoms with van der Waals surface area (Å²) in [4.78, 5) is 38.4. The SMILES string of the molecule is CCOC(=O)CC1C(=O)NCCN1C(=S)NC(=O)c1cc(OC)c(OC)c(OC)c1. The van der Waals surface area contributed by atoms with E-state index in [1.807, 2.05) is 0 Å². The second kappa shape index (κ2) is 10.6. The molecule has 0 saturated carbocycles. The van der Waals surface area contributed by atoms with Crippen LogP contribution in [-0.2, 0) is 14.3 Å². The van der Waals surface area contributed by atoms with Crippen molar-refractivity contribution in [1.82, 2.24) is 15.5 Å². The molecule has 0 spiro atoms. The molecular weight excluding hydrogens is 414 g/mol. The van der Waals surface area contributed by atoms with E-state index in [0.29, 0.717) is 30.3 Å². The van der Waals surface area contributed by atoms with E-state index < -0.39 is 17.9 Å². The minimum absolute atomic E-state index is 0.0258. The summed E-state index contributed by atoms with van der Waals surface area (Å²) in [7, 11) is 4.34. The summed E-state index contributed by atoms with van der Waals surface area (Å²) < 4.78 is 20.7. The lowest BCUT2D eigenvalue weighted by Crippen LogP contribution is -2.60. The average Bonchev–Trinajstić information content (AvgIpc) is 2.73. The highest BCUT2D eigenvalue weighted by atomic mass is 32.1. The predicted molar refractivity (Wildman–Crippen MR) is 111 cm³/mol. The Morgan fingerprint density at radius 1 is 1.20 bits per heavy atom. The number of carbonyl (C=O) groups excluding carboxylic acids is 3. The van der Waals surface area contributed by atoms with Gasteiger partial charge in [-0.1, -0.05) is 0 Å². The Hall–Kier alpha value is -3.08. The largest absolute Gasteiger partial charge is 0.493 e. The number of amides is 2. The lowest BCUT2D eigenvalue weighted by molar-refractivity contribution is -0.147.